The van der Waals surface area contributed by atoms with Crippen LogP contribution < -0.4 is 11.1 Å². The molecule has 0 saturated heterocycles. The summed E-state index contributed by atoms with van der Waals surface area (Å²) >= 11 is 0. The Labute approximate surface area is 127 Å². The van der Waals surface area contributed by atoms with E-state index in [1.165, 1.54) is 6.42 Å². The van der Waals surface area contributed by atoms with Crippen molar-refractivity contribution in [2.24, 2.45) is 11.8 Å². The molecule has 1 amide bonds. The number of hydrogen-bond donors (Lipinski definition) is 2. The summed E-state index contributed by atoms with van der Waals surface area (Å²) < 4.78 is 5.76. The zero-order valence-electron chi connectivity index (χ0n) is 13.2. The first-order valence-corrected chi connectivity index (χ1v) is 7.73. The lowest BCUT2D eigenvalue weighted by Crippen LogP contribution is -2.30. The topological polar surface area (TPSA) is 64.3 Å². The maximum atomic E-state index is 12.0. The third kappa shape index (κ3) is 4.46. The number of carbonyl (C=O) groups excluding carboxylic acids is 1. The van der Waals surface area contributed by atoms with Gasteiger partial charge in [-0.05, 0) is 55.7 Å². The highest BCUT2D eigenvalue weighted by Gasteiger charge is 2.25. The van der Waals surface area contributed by atoms with E-state index in [9.17, 15) is 4.79 Å². The second kappa shape index (κ2) is 6.94. The van der Waals surface area contributed by atoms with Crippen LogP contribution in [0.4, 0.5) is 11.4 Å². The first-order valence-electron chi connectivity index (χ1n) is 7.73. The quantitative estimate of drug-likeness (QED) is 0.836. The van der Waals surface area contributed by atoms with Crippen LogP contribution in [0.3, 0.4) is 0 Å². The van der Waals surface area contributed by atoms with E-state index in [1.54, 1.807) is 6.07 Å². The molecular weight excluding hydrogens is 264 g/mol. The van der Waals surface area contributed by atoms with E-state index < -0.39 is 0 Å². The van der Waals surface area contributed by atoms with Crippen molar-refractivity contribution in [2.75, 3.05) is 17.7 Å². The summed E-state index contributed by atoms with van der Waals surface area (Å²) in [6.07, 6.45) is 3.49. The number of nitrogen functional groups attached to an aromatic ring is 1. The summed E-state index contributed by atoms with van der Waals surface area (Å²) in [6, 6.07) is 5.50. The lowest BCUT2D eigenvalue weighted by atomic mass is 9.80. The highest BCUT2D eigenvalue weighted by molar-refractivity contribution is 5.92. The van der Waals surface area contributed by atoms with Crippen molar-refractivity contribution in [1.82, 2.24) is 0 Å². The monoisotopic (exact) mass is 290 g/mol. The number of rotatable bonds is 4. The highest BCUT2D eigenvalue weighted by atomic mass is 16.5. The number of amides is 1. The summed E-state index contributed by atoms with van der Waals surface area (Å²) in [6.45, 7) is 6.60. The number of carbonyl (C=O) groups is 1. The van der Waals surface area contributed by atoms with Gasteiger partial charge in [-0.15, -0.1) is 0 Å². The summed E-state index contributed by atoms with van der Waals surface area (Å²) in [4.78, 5) is 12.0. The highest BCUT2D eigenvalue weighted by Crippen LogP contribution is 2.30. The Morgan fingerprint density at radius 2 is 2.10 bits per heavy atom. The molecule has 3 unspecified atom stereocenters. The van der Waals surface area contributed by atoms with Crippen molar-refractivity contribution < 1.29 is 9.53 Å². The van der Waals surface area contributed by atoms with Crippen molar-refractivity contribution in [1.29, 1.82) is 0 Å². The molecule has 0 aromatic heterocycles. The molecule has 4 nitrogen and oxygen atoms in total. The average Bonchev–Trinajstić information content (AvgIpc) is 2.44. The van der Waals surface area contributed by atoms with Gasteiger partial charge in [-0.1, -0.05) is 19.9 Å². The molecule has 2 rings (SSSR count). The molecule has 1 aromatic carbocycles. The van der Waals surface area contributed by atoms with E-state index in [2.05, 4.69) is 19.2 Å². The fraction of sp³-hybridized carbons (Fsp3) is 0.588. The van der Waals surface area contributed by atoms with Gasteiger partial charge in [0.1, 0.15) is 6.61 Å². The van der Waals surface area contributed by atoms with E-state index >= 15 is 0 Å². The molecule has 21 heavy (non-hydrogen) atoms. The maximum absolute atomic E-state index is 12.0. The first kappa shape index (κ1) is 15.8. The normalized spacial score (nSPS) is 25.6. The van der Waals surface area contributed by atoms with Gasteiger partial charge in [-0.25, -0.2) is 0 Å². The summed E-state index contributed by atoms with van der Waals surface area (Å²) in [7, 11) is 0. The van der Waals surface area contributed by atoms with E-state index in [1.807, 2.05) is 19.1 Å². The summed E-state index contributed by atoms with van der Waals surface area (Å²) in [5.41, 5.74) is 8.14. The molecule has 1 aromatic rings. The molecule has 0 spiro atoms. The minimum Gasteiger partial charge on any atom is -0.399 e. The summed E-state index contributed by atoms with van der Waals surface area (Å²) in [5, 5.41) is 2.87. The Kier molecular flexibility index (Phi) is 5.23. The Bertz CT molecular complexity index is 502. The molecule has 1 aliphatic carbocycles. The van der Waals surface area contributed by atoms with Gasteiger partial charge in [0.05, 0.1) is 6.10 Å². The third-order valence-electron chi connectivity index (χ3n) is 4.54. The number of hydrogen-bond acceptors (Lipinski definition) is 3. The maximum Gasteiger partial charge on any atom is 0.250 e. The van der Waals surface area contributed by atoms with Crippen molar-refractivity contribution in [3.63, 3.8) is 0 Å². The number of nitrogens with one attached hydrogen (secondary N) is 1. The lowest BCUT2D eigenvalue weighted by Gasteiger charge is -2.31. The zero-order valence-corrected chi connectivity index (χ0v) is 13.2. The molecule has 1 aliphatic rings. The van der Waals surface area contributed by atoms with Crippen LogP contribution in [0.5, 0.6) is 0 Å². The molecule has 3 atom stereocenters. The van der Waals surface area contributed by atoms with Crippen LogP contribution in [-0.4, -0.2) is 18.6 Å². The van der Waals surface area contributed by atoms with Gasteiger partial charge in [0, 0.05) is 11.4 Å². The van der Waals surface area contributed by atoms with Gasteiger partial charge in [0.2, 0.25) is 5.91 Å². The van der Waals surface area contributed by atoms with Crippen LogP contribution in [0.1, 0.15) is 38.7 Å². The fourth-order valence-corrected chi connectivity index (χ4v) is 2.80. The number of benzene rings is 1. The predicted molar refractivity (Wildman–Crippen MR) is 86.1 cm³/mol. The van der Waals surface area contributed by atoms with Crippen LogP contribution in [-0.2, 0) is 9.53 Å². The number of anilines is 2. The Morgan fingerprint density at radius 3 is 2.81 bits per heavy atom. The zero-order chi connectivity index (χ0) is 15.4. The summed E-state index contributed by atoms with van der Waals surface area (Å²) in [5.74, 6) is 1.31. The molecule has 0 heterocycles. The van der Waals surface area contributed by atoms with Crippen molar-refractivity contribution in [2.45, 2.75) is 46.1 Å². The van der Waals surface area contributed by atoms with Crippen LogP contribution in [0.25, 0.3) is 0 Å². The number of nitrogens with two attached hydrogens (primary N) is 1. The van der Waals surface area contributed by atoms with Gasteiger partial charge in [0.15, 0.2) is 0 Å². The largest absolute Gasteiger partial charge is 0.399 e. The van der Waals surface area contributed by atoms with E-state index in [0.29, 0.717) is 11.6 Å². The first-order chi connectivity index (χ1) is 9.95. The minimum absolute atomic E-state index is 0.111. The van der Waals surface area contributed by atoms with Crippen LogP contribution >= 0.6 is 0 Å². The Balaban J connectivity index is 1.81. The van der Waals surface area contributed by atoms with Crippen molar-refractivity contribution >= 4 is 17.3 Å². The van der Waals surface area contributed by atoms with Gasteiger partial charge < -0.3 is 15.8 Å². The molecule has 0 radical (unpaired) electrons. The van der Waals surface area contributed by atoms with Gasteiger partial charge in [-0.2, -0.15) is 0 Å². The van der Waals surface area contributed by atoms with Gasteiger partial charge in [-0.3, -0.25) is 4.79 Å². The molecule has 1 fully saturated rings. The Morgan fingerprint density at radius 1 is 1.33 bits per heavy atom. The average molecular weight is 290 g/mol. The SMILES string of the molecule is Cc1ccc(N)cc1NC(=O)COC1CCC(C)C(C)C1. The van der Waals surface area contributed by atoms with E-state index in [-0.39, 0.29) is 18.6 Å². The lowest BCUT2D eigenvalue weighted by molar-refractivity contribution is -0.123. The molecule has 0 aliphatic heterocycles. The van der Waals surface area contributed by atoms with Crippen molar-refractivity contribution in [3.8, 4) is 0 Å². The second-order valence-corrected chi connectivity index (χ2v) is 6.32. The fourth-order valence-electron chi connectivity index (χ4n) is 2.80. The van der Waals surface area contributed by atoms with Gasteiger partial charge >= 0.3 is 0 Å². The molecule has 3 N–H and O–H groups in total. The predicted octanol–water partition coefficient (Wildman–Crippen LogP) is 3.36. The van der Waals surface area contributed by atoms with Crippen LogP contribution in [0, 0.1) is 18.8 Å². The smallest absolute Gasteiger partial charge is 0.250 e. The molecule has 116 valence electrons. The molecule has 0 bridgehead atoms. The van der Waals surface area contributed by atoms with Crippen molar-refractivity contribution in [3.05, 3.63) is 23.8 Å². The van der Waals surface area contributed by atoms with E-state index in [4.69, 9.17) is 10.5 Å². The second-order valence-electron chi connectivity index (χ2n) is 6.32. The molecule has 4 heteroatoms. The van der Waals surface area contributed by atoms with Gasteiger partial charge in [0.25, 0.3) is 0 Å². The Hall–Kier alpha value is -1.55. The molecular formula is C17H26N2O2. The van der Waals surface area contributed by atoms with Crippen LogP contribution in [0.2, 0.25) is 0 Å². The van der Waals surface area contributed by atoms with Crippen LogP contribution in [0.15, 0.2) is 18.2 Å². The minimum atomic E-state index is -0.116. The number of ether oxygens (including phenoxy) is 1. The molecule has 1 saturated carbocycles. The third-order valence-corrected chi connectivity index (χ3v) is 4.54. The van der Waals surface area contributed by atoms with E-state index in [0.717, 1.165) is 30.0 Å². The standard InChI is InChI=1S/C17H26N2O2/c1-11-5-7-15(8-13(11)3)21-10-17(20)19-16-9-14(18)6-4-12(16)2/h4,6,9,11,13,15H,5,7-8,10,18H2,1-3H3,(H,19,20). The number of aryl methyl sites for hydroxylation is 1.